The monoisotopic (exact) mass is 332 g/mol. The lowest BCUT2D eigenvalue weighted by molar-refractivity contribution is -0.143. The van der Waals surface area contributed by atoms with Crippen LogP contribution in [-0.2, 0) is 19.4 Å². The second kappa shape index (κ2) is 4.98. The van der Waals surface area contributed by atoms with E-state index >= 15 is 0 Å². The number of piperidine rings is 1. The molecule has 0 bridgehead atoms. The van der Waals surface area contributed by atoms with Crippen molar-refractivity contribution in [2.45, 2.75) is 36.9 Å². The van der Waals surface area contributed by atoms with Gasteiger partial charge in [-0.25, -0.2) is 8.42 Å². The molecule has 3 aliphatic rings. The number of nitrogens with zero attached hydrogens (tertiary/aromatic N) is 2. The SMILES string of the molecule is CC1=C(C(=O)N2CCCCC2)N2C(=O)[C@H](Cl)[C@H]2S(=O)(=O)C1. The van der Waals surface area contributed by atoms with Crippen LogP contribution in [0.1, 0.15) is 26.2 Å². The van der Waals surface area contributed by atoms with E-state index in [0.717, 1.165) is 24.2 Å². The molecule has 2 amide bonds. The maximum Gasteiger partial charge on any atom is 0.270 e. The van der Waals surface area contributed by atoms with Gasteiger partial charge in [0.25, 0.3) is 5.91 Å². The quantitative estimate of drug-likeness (QED) is 0.517. The summed E-state index contributed by atoms with van der Waals surface area (Å²) in [5.74, 6) is -0.951. The third-order valence-corrected chi connectivity index (χ3v) is 6.88. The van der Waals surface area contributed by atoms with Crippen molar-refractivity contribution in [2.24, 2.45) is 0 Å². The van der Waals surface area contributed by atoms with Gasteiger partial charge in [-0.15, -0.1) is 11.6 Å². The van der Waals surface area contributed by atoms with Gasteiger partial charge in [0.2, 0.25) is 5.91 Å². The van der Waals surface area contributed by atoms with E-state index in [1.54, 1.807) is 11.8 Å². The molecule has 0 unspecified atom stereocenters. The Hall–Kier alpha value is -1.08. The first-order valence-corrected chi connectivity index (χ1v) is 9.17. The smallest absolute Gasteiger partial charge is 0.270 e. The van der Waals surface area contributed by atoms with Gasteiger partial charge in [0.1, 0.15) is 11.1 Å². The molecule has 8 heteroatoms. The lowest BCUT2D eigenvalue weighted by Gasteiger charge is -2.48. The van der Waals surface area contributed by atoms with Gasteiger partial charge in [-0.05, 0) is 31.8 Å². The largest absolute Gasteiger partial charge is 0.337 e. The van der Waals surface area contributed by atoms with Crippen LogP contribution in [0.5, 0.6) is 0 Å². The maximum absolute atomic E-state index is 12.7. The fourth-order valence-corrected chi connectivity index (χ4v) is 5.81. The van der Waals surface area contributed by atoms with Gasteiger partial charge >= 0.3 is 0 Å². The number of hydrogen-bond acceptors (Lipinski definition) is 4. The van der Waals surface area contributed by atoms with Crippen LogP contribution in [0.25, 0.3) is 0 Å². The van der Waals surface area contributed by atoms with Crippen molar-refractivity contribution >= 4 is 33.3 Å². The summed E-state index contributed by atoms with van der Waals surface area (Å²) in [5.41, 5.74) is 0.650. The molecule has 2 fully saturated rings. The number of carbonyl (C=O) groups excluding carboxylic acids is 2. The van der Waals surface area contributed by atoms with Gasteiger partial charge in [-0.1, -0.05) is 0 Å². The molecular formula is C13H17ClN2O4S. The van der Waals surface area contributed by atoms with E-state index < -0.39 is 26.5 Å². The van der Waals surface area contributed by atoms with E-state index in [-0.39, 0.29) is 17.4 Å². The van der Waals surface area contributed by atoms with Crippen LogP contribution in [0.15, 0.2) is 11.3 Å². The average molecular weight is 333 g/mol. The molecule has 0 N–H and O–H groups in total. The van der Waals surface area contributed by atoms with Crippen molar-refractivity contribution in [1.29, 1.82) is 0 Å². The Bertz CT molecular complexity index is 637. The van der Waals surface area contributed by atoms with Crippen LogP contribution in [0.4, 0.5) is 0 Å². The number of rotatable bonds is 1. The fourth-order valence-electron chi connectivity index (χ4n) is 3.20. The molecule has 0 aromatic rings. The van der Waals surface area contributed by atoms with Crippen molar-refractivity contribution in [3.63, 3.8) is 0 Å². The normalized spacial score (nSPS) is 31.8. The fraction of sp³-hybridized carbons (Fsp3) is 0.692. The highest BCUT2D eigenvalue weighted by molar-refractivity contribution is 7.92. The van der Waals surface area contributed by atoms with Crippen LogP contribution in [-0.4, -0.2) is 59.6 Å². The predicted molar refractivity (Wildman–Crippen MR) is 77.2 cm³/mol. The Morgan fingerprint density at radius 3 is 2.48 bits per heavy atom. The summed E-state index contributed by atoms with van der Waals surface area (Å²) in [6.45, 7) is 2.90. The first-order chi connectivity index (χ1) is 9.84. The predicted octanol–water partition coefficient (Wildman–Crippen LogP) is 0.477. The second-order valence-electron chi connectivity index (χ2n) is 5.79. The van der Waals surface area contributed by atoms with Gasteiger partial charge in [-0.3, -0.25) is 14.5 Å². The number of sulfone groups is 1. The lowest BCUT2D eigenvalue weighted by Crippen LogP contribution is -2.68. The molecule has 0 aliphatic carbocycles. The molecule has 0 aromatic heterocycles. The summed E-state index contributed by atoms with van der Waals surface area (Å²) >= 11 is 5.84. The van der Waals surface area contributed by atoms with Gasteiger partial charge in [0, 0.05) is 13.1 Å². The van der Waals surface area contributed by atoms with Gasteiger partial charge in [0.05, 0.1) is 5.75 Å². The van der Waals surface area contributed by atoms with Crippen LogP contribution in [0.2, 0.25) is 0 Å². The van der Waals surface area contributed by atoms with Gasteiger partial charge in [-0.2, -0.15) is 0 Å². The third kappa shape index (κ3) is 2.17. The van der Waals surface area contributed by atoms with Crippen molar-refractivity contribution in [1.82, 2.24) is 9.80 Å². The van der Waals surface area contributed by atoms with Crippen LogP contribution < -0.4 is 0 Å². The number of likely N-dealkylation sites (tertiary alicyclic amines) is 1. The molecule has 3 heterocycles. The van der Waals surface area contributed by atoms with E-state index in [2.05, 4.69) is 0 Å². The molecule has 3 rings (SSSR count). The molecule has 116 valence electrons. The van der Waals surface area contributed by atoms with Crippen molar-refractivity contribution in [3.8, 4) is 0 Å². The van der Waals surface area contributed by atoms with E-state index in [4.69, 9.17) is 11.6 Å². The number of β-lactam (4-membered cyclic amide) rings is 1. The third-order valence-electron chi connectivity index (χ3n) is 4.25. The molecule has 6 nitrogen and oxygen atoms in total. The minimum Gasteiger partial charge on any atom is -0.337 e. The highest BCUT2D eigenvalue weighted by atomic mass is 35.5. The first-order valence-electron chi connectivity index (χ1n) is 7.02. The minimum absolute atomic E-state index is 0.209. The van der Waals surface area contributed by atoms with Crippen LogP contribution in [0, 0.1) is 0 Å². The molecule has 2 saturated heterocycles. The number of amides is 2. The Labute approximate surface area is 128 Å². The van der Waals surface area contributed by atoms with Crippen LogP contribution in [0.3, 0.4) is 0 Å². The minimum atomic E-state index is -3.51. The second-order valence-corrected chi connectivity index (χ2v) is 8.36. The Balaban J connectivity index is 1.96. The van der Waals surface area contributed by atoms with Crippen molar-refractivity contribution < 1.29 is 18.0 Å². The molecule has 2 atom stereocenters. The summed E-state index contributed by atoms with van der Waals surface area (Å²) in [7, 11) is -3.51. The number of alkyl halides is 1. The molecule has 0 aromatic carbocycles. The average Bonchev–Trinajstić information content (AvgIpc) is 2.45. The molecule has 3 aliphatic heterocycles. The number of fused-ring (bicyclic) bond motifs is 1. The number of carbonyl (C=O) groups is 2. The number of halogens is 1. The topological polar surface area (TPSA) is 74.8 Å². The first kappa shape index (κ1) is 14.8. The summed E-state index contributed by atoms with van der Waals surface area (Å²) in [5, 5.41) is -2.16. The van der Waals surface area contributed by atoms with E-state index in [9.17, 15) is 18.0 Å². The van der Waals surface area contributed by atoms with E-state index in [0.29, 0.717) is 18.7 Å². The number of hydrogen-bond donors (Lipinski definition) is 0. The van der Waals surface area contributed by atoms with Crippen molar-refractivity contribution in [3.05, 3.63) is 11.3 Å². The lowest BCUT2D eigenvalue weighted by atomic mass is 10.1. The molecule has 0 spiro atoms. The van der Waals surface area contributed by atoms with Crippen molar-refractivity contribution in [2.75, 3.05) is 18.8 Å². The van der Waals surface area contributed by atoms with Gasteiger partial charge < -0.3 is 4.90 Å². The summed E-state index contributed by atoms with van der Waals surface area (Å²) in [4.78, 5) is 27.4. The van der Waals surface area contributed by atoms with Crippen LogP contribution >= 0.6 is 11.6 Å². The zero-order valence-electron chi connectivity index (χ0n) is 11.7. The summed E-state index contributed by atoms with van der Waals surface area (Å²) < 4.78 is 24.2. The summed E-state index contributed by atoms with van der Waals surface area (Å²) in [6.07, 6.45) is 2.96. The molecule has 0 radical (unpaired) electrons. The van der Waals surface area contributed by atoms with E-state index in [1.165, 1.54) is 0 Å². The highest BCUT2D eigenvalue weighted by Gasteiger charge is 2.59. The molecular weight excluding hydrogens is 316 g/mol. The standard InChI is InChI=1S/C13H17ClN2O4S/c1-8-7-21(19,20)13-9(14)11(17)16(13)10(8)12(18)15-5-3-2-4-6-15/h9,13H,2-7H2,1H3/t9-,13+/m0/s1. The maximum atomic E-state index is 12.7. The zero-order chi connectivity index (χ0) is 15.4. The zero-order valence-corrected chi connectivity index (χ0v) is 13.3. The summed E-state index contributed by atoms with van der Waals surface area (Å²) in [6, 6.07) is 0. The Kier molecular flexibility index (Phi) is 3.52. The Morgan fingerprint density at radius 1 is 1.24 bits per heavy atom. The Morgan fingerprint density at radius 2 is 1.86 bits per heavy atom. The van der Waals surface area contributed by atoms with Gasteiger partial charge in [0.15, 0.2) is 15.2 Å². The van der Waals surface area contributed by atoms with E-state index in [1.807, 2.05) is 0 Å². The molecule has 21 heavy (non-hydrogen) atoms. The molecule has 0 saturated carbocycles. The highest BCUT2D eigenvalue weighted by Crippen LogP contribution is 2.39.